The number of nitrogens with two attached hydrogens (primary N) is 1. The second-order valence-corrected chi connectivity index (χ2v) is 6.09. The number of rotatable bonds is 3. The average molecular weight is 440 g/mol. The van der Waals surface area contributed by atoms with E-state index in [-0.39, 0.29) is 35.2 Å². The Bertz CT molecular complexity index is 560. The van der Waals surface area contributed by atoms with E-state index in [0.717, 1.165) is 31.5 Å². The van der Waals surface area contributed by atoms with E-state index in [1.54, 1.807) is 6.07 Å². The third kappa shape index (κ3) is 3.83. The van der Waals surface area contributed by atoms with E-state index in [1.165, 1.54) is 12.1 Å². The summed E-state index contributed by atoms with van der Waals surface area (Å²) in [6.45, 7) is 3.52. The van der Waals surface area contributed by atoms with Gasteiger partial charge in [-0.05, 0) is 30.5 Å². The molecule has 0 amide bonds. The third-order valence-corrected chi connectivity index (χ3v) is 4.55. The van der Waals surface area contributed by atoms with Crippen molar-refractivity contribution in [3.63, 3.8) is 0 Å². The van der Waals surface area contributed by atoms with E-state index in [1.807, 2.05) is 4.90 Å². The Labute approximate surface area is 151 Å². The number of halogens is 3. The maximum Gasteiger partial charge on any atom is 0.191 e. The second kappa shape index (κ2) is 7.31. The largest absolute Gasteiger partial charge is 0.378 e. The molecule has 0 aromatic heterocycles. The van der Waals surface area contributed by atoms with Crippen LogP contribution in [-0.2, 0) is 10.2 Å². The zero-order valence-electron chi connectivity index (χ0n) is 12.2. The number of guanidine groups is 1. The van der Waals surface area contributed by atoms with Gasteiger partial charge in [0.1, 0.15) is 5.82 Å². The Morgan fingerprint density at radius 3 is 2.64 bits per heavy atom. The molecule has 2 aliphatic rings. The van der Waals surface area contributed by atoms with Crippen LogP contribution in [0.5, 0.6) is 0 Å². The molecule has 1 aromatic carbocycles. The lowest BCUT2D eigenvalue weighted by atomic mass is 9.96. The Kier molecular flexibility index (Phi) is 5.90. The molecule has 1 heterocycles. The summed E-state index contributed by atoms with van der Waals surface area (Å²) in [5.74, 6) is 0.249. The van der Waals surface area contributed by atoms with Gasteiger partial charge in [0.05, 0.1) is 19.8 Å². The topological polar surface area (TPSA) is 50.8 Å². The van der Waals surface area contributed by atoms with Gasteiger partial charge in [0.25, 0.3) is 0 Å². The zero-order valence-corrected chi connectivity index (χ0v) is 15.3. The highest BCUT2D eigenvalue weighted by Crippen LogP contribution is 2.50. The van der Waals surface area contributed by atoms with E-state index >= 15 is 0 Å². The quantitative estimate of drug-likeness (QED) is 0.448. The Hall–Kier alpha value is -0.600. The molecule has 122 valence electrons. The van der Waals surface area contributed by atoms with Gasteiger partial charge in [-0.25, -0.2) is 4.39 Å². The number of morpholine rings is 1. The number of nitrogens with zero attached hydrogens (tertiary/aromatic N) is 2. The van der Waals surface area contributed by atoms with E-state index in [0.29, 0.717) is 30.7 Å². The number of ether oxygens (including phenoxy) is 1. The van der Waals surface area contributed by atoms with E-state index in [9.17, 15) is 4.39 Å². The molecule has 0 bridgehead atoms. The first-order valence-corrected chi connectivity index (χ1v) is 7.57. The van der Waals surface area contributed by atoms with Crippen LogP contribution in [0.1, 0.15) is 18.4 Å². The van der Waals surface area contributed by atoms with Crippen LogP contribution in [0.3, 0.4) is 0 Å². The standard InChI is InChI=1S/C15H19ClFN3O.HI/c16-13-9-11(17)1-2-12(13)15(3-4-15)10-19-14(18)20-5-7-21-8-6-20;/h1-2,9H,3-8,10H2,(H2,18,19);1H. The molecule has 3 rings (SSSR count). The molecule has 22 heavy (non-hydrogen) atoms. The number of aliphatic imine (C=N–C) groups is 1. The van der Waals surface area contributed by atoms with Gasteiger partial charge in [-0.2, -0.15) is 0 Å². The molecule has 1 saturated carbocycles. The van der Waals surface area contributed by atoms with Crippen LogP contribution in [0.4, 0.5) is 4.39 Å². The van der Waals surface area contributed by atoms with Gasteiger partial charge in [0.15, 0.2) is 5.96 Å². The normalized spacial score (nSPS) is 20.5. The van der Waals surface area contributed by atoms with E-state index in [4.69, 9.17) is 22.1 Å². The van der Waals surface area contributed by atoms with Crippen LogP contribution in [0.2, 0.25) is 5.02 Å². The maximum atomic E-state index is 13.2. The Morgan fingerprint density at radius 1 is 1.36 bits per heavy atom. The van der Waals surface area contributed by atoms with Gasteiger partial charge in [-0.1, -0.05) is 17.7 Å². The predicted molar refractivity (Wildman–Crippen MR) is 96.6 cm³/mol. The van der Waals surface area contributed by atoms with Crippen molar-refractivity contribution in [3.8, 4) is 0 Å². The van der Waals surface area contributed by atoms with Gasteiger partial charge in [-0.3, -0.25) is 4.99 Å². The lowest BCUT2D eigenvalue weighted by Gasteiger charge is -2.28. The Balaban J connectivity index is 0.00000176. The summed E-state index contributed by atoms with van der Waals surface area (Å²) < 4.78 is 18.5. The first kappa shape index (κ1) is 17.7. The molecule has 1 saturated heterocycles. The molecule has 4 nitrogen and oxygen atoms in total. The van der Waals surface area contributed by atoms with Gasteiger partial charge >= 0.3 is 0 Å². The van der Waals surface area contributed by atoms with Crippen LogP contribution in [0, 0.1) is 5.82 Å². The summed E-state index contributed by atoms with van der Waals surface area (Å²) >= 11 is 6.17. The van der Waals surface area contributed by atoms with Crippen molar-refractivity contribution >= 4 is 41.5 Å². The number of hydrogen-bond donors (Lipinski definition) is 1. The highest BCUT2D eigenvalue weighted by atomic mass is 127. The molecule has 0 unspecified atom stereocenters. The fourth-order valence-corrected chi connectivity index (χ4v) is 3.08. The van der Waals surface area contributed by atoms with E-state index in [2.05, 4.69) is 4.99 Å². The van der Waals surface area contributed by atoms with Crippen LogP contribution < -0.4 is 5.73 Å². The number of benzene rings is 1. The molecule has 0 spiro atoms. The van der Waals surface area contributed by atoms with E-state index < -0.39 is 0 Å². The minimum Gasteiger partial charge on any atom is -0.378 e. The summed E-state index contributed by atoms with van der Waals surface area (Å²) in [4.78, 5) is 6.57. The fourth-order valence-electron chi connectivity index (χ4n) is 2.71. The zero-order chi connectivity index (χ0) is 14.9. The van der Waals surface area contributed by atoms with Crippen LogP contribution in [-0.4, -0.2) is 43.7 Å². The molecular weight excluding hydrogens is 420 g/mol. The summed E-state index contributed by atoms with van der Waals surface area (Å²) in [6.07, 6.45) is 2.02. The van der Waals surface area contributed by atoms with Crippen molar-refractivity contribution in [3.05, 3.63) is 34.6 Å². The third-order valence-electron chi connectivity index (χ3n) is 4.23. The summed E-state index contributed by atoms with van der Waals surface area (Å²) in [7, 11) is 0. The molecule has 2 N–H and O–H groups in total. The van der Waals surface area contributed by atoms with Crippen molar-refractivity contribution in [1.82, 2.24) is 4.90 Å². The smallest absolute Gasteiger partial charge is 0.191 e. The van der Waals surface area contributed by atoms with Crippen LogP contribution in [0.15, 0.2) is 23.2 Å². The first-order chi connectivity index (χ1) is 10.1. The second-order valence-electron chi connectivity index (χ2n) is 5.68. The predicted octanol–water partition coefficient (Wildman–Crippen LogP) is 2.78. The van der Waals surface area contributed by atoms with Crippen molar-refractivity contribution in [2.75, 3.05) is 32.8 Å². The van der Waals surface area contributed by atoms with Gasteiger partial charge in [0.2, 0.25) is 0 Å². The average Bonchev–Trinajstić information content (AvgIpc) is 3.26. The molecular formula is C15H20ClFIN3O. The van der Waals surface area contributed by atoms with Crippen LogP contribution in [0.25, 0.3) is 0 Å². The minimum absolute atomic E-state index is 0. The highest BCUT2D eigenvalue weighted by molar-refractivity contribution is 14.0. The highest BCUT2D eigenvalue weighted by Gasteiger charge is 2.45. The lowest BCUT2D eigenvalue weighted by Crippen LogP contribution is -2.45. The molecule has 2 fully saturated rings. The SMILES string of the molecule is I.NC(=NCC1(c2ccc(F)cc2Cl)CC1)N1CCOCC1. The monoisotopic (exact) mass is 439 g/mol. The van der Waals surface area contributed by atoms with Crippen molar-refractivity contribution < 1.29 is 9.13 Å². The maximum absolute atomic E-state index is 13.2. The van der Waals surface area contributed by atoms with Gasteiger partial charge in [-0.15, -0.1) is 24.0 Å². The van der Waals surface area contributed by atoms with Crippen molar-refractivity contribution in [1.29, 1.82) is 0 Å². The lowest BCUT2D eigenvalue weighted by molar-refractivity contribution is 0.0674. The molecule has 1 aliphatic heterocycles. The fraction of sp³-hybridized carbons (Fsp3) is 0.533. The summed E-state index contributed by atoms with van der Waals surface area (Å²) in [6, 6.07) is 4.59. The minimum atomic E-state index is -0.309. The summed E-state index contributed by atoms with van der Waals surface area (Å²) in [5, 5.41) is 0.479. The van der Waals surface area contributed by atoms with Crippen molar-refractivity contribution in [2.24, 2.45) is 10.7 Å². The molecule has 1 aromatic rings. The molecule has 0 atom stereocenters. The number of hydrogen-bond acceptors (Lipinski definition) is 2. The van der Waals surface area contributed by atoms with Crippen LogP contribution >= 0.6 is 35.6 Å². The first-order valence-electron chi connectivity index (χ1n) is 7.19. The molecule has 7 heteroatoms. The molecule has 0 radical (unpaired) electrons. The van der Waals surface area contributed by atoms with Gasteiger partial charge < -0.3 is 15.4 Å². The van der Waals surface area contributed by atoms with Gasteiger partial charge in [0, 0.05) is 23.5 Å². The molecule has 1 aliphatic carbocycles. The summed E-state index contributed by atoms with van der Waals surface area (Å²) in [5.41, 5.74) is 6.96. The Morgan fingerprint density at radius 2 is 2.05 bits per heavy atom. The van der Waals surface area contributed by atoms with Crippen molar-refractivity contribution in [2.45, 2.75) is 18.3 Å².